The predicted molar refractivity (Wildman–Crippen MR) is 48.1 cm³/mol. The minimum Gasteiger partial charge on any atom is -0.650 e. The molecule has 11 heavy (non-hydrogen) atoms. The first-order chi connectivity index (χ1) is 4.66. The molecule has 1 unspecified atom stereocenters. The summed E-state index contributed by atoms with van der Waals surface area (Å²) in [6.07, 6.45) is 1.05. The summed E-state index contributed by atoms with van der Waals surface area (Å²) < 4.78 is 0. The van der Waals surface area contributed by atoms with Crippen molar-refractivity contribution >= 4 is 0 Å². The van der Waals surface area contributed by atoms with Gasteiger partial charge in [-0.1, -0.05) is 40.3 Å². The van der Waals surface area contributed by atoms with Crippen molar-refractivity contribution in [3.63, 3.8) is 0 Å². The van der Waals surface area contributed by atoms with E-state index >= 15 is 0 Å². The van der Waals surface area contributed by atoms with Crippen molar-refractivity contribution in [1.29, 1.82) is 0 Å². The molecule has 2 nitrogen and oxygen atoms in total. The maximum atomic E-state index is 5.51. The maximum Gasteiger partial charge on any atom is 1.00 e. The normalized spacial score (nSPS) is 11.2. The molecule has 0 aliphatic rings. The molecule has 0 saturated heterocycles. The van der Waals surface area contributed by atoms with E-state index < -0.39 is 0 Å². The van der Waals surface area contributed by atoms with Crippen LogP contribution in [0.15, 0.2) is 0 Å². The summed E-state index contributed by atoms with van der Waals surface area (Å²) in [5, 5.41) is 3.91. The average Bonchev–Trinajstić information content (AvgIpc) is 1.91. The largest absolute Gasteiger partial charge is 1.00 e. The Hall–Kier alpha value is 1.56. The van der Waals surface area contributed by atoms with Gasteiger partial charge >= 0.3 is 51.4 Å². The Balaban J connectivity index is -0.000000196. The number of rotatable bonds is 3. The zero-order valence-corrected chi connectivity index (χ0v) is 12.0. The Kier molecular flexibility index (Phi) is 23.5. The number of hydrogen-bond donors (Lipinski definition) is 1. The Morgan fingerprint density at radius 1 is 1.27 bits per heavy atom. The molecule has 0 aromatic rings. The molecule has 1 atom stereocenters. The summed E-state index contributed by atoms with van der Waals surface area (Å²) in [7, 11) is 1.76. The number of nitrogens with two attached hydrogens (primary N) is 1. The monoisotopic (exact) mass is 184 g/mol. The van der Waals surface area contributed by atoms with Gasteiger partial charge in [-0.2, -0.15) is 7.05 Å². The topological polar surface area (TPSA) is 40.1 Å². The zero-order valence-electron chi connectivity index (χ0n) is 8.89. The fraction of sp³-hybridized carbons (Fsp3) is 1.00. The van der Waals surface area contributed by atoms with E-state index in [2.05, 4.69) is 19.2 Å². The van der Waals surface area contributed by atoms with Crippen LogP contribution in [0.3, 0.4) is 0 Å². The first-order valence-corrected chi connectivity index (χ1v) is 4.01. The van der Waals surface area contributed by atoms with E-state index in [1.807, 2.05) is 13.8 Å². The molecule has 0 saturated carbocycles. The summed E-state index contributed by atoms with van der Waals surface area (Å²) in [5.41, 5.74) is 5.51. The van der Waals surface area contributed by atoms with Crippen molar-refractivity contribution in [3.8, 4) is 0 Å². The molecule has 0 spiro atoms. The van der Waals surface area contributed by atoms with Crippen molar-refractivity contribution in [2.24, 2.45) is 11.7 Å². The molecule has 0 rings (SSSR count). The minimum absolute atomic E-state index is 0. The van der Waals surface area contributed by atoms with E-state index in [9.17, 15) is 0 Å². The molecule has 0 aliphatic heterocycles. The van der Waals surface area contributed by atoms with Gasteiger partial charge in [0.25, 0.3) is 0 Å². The quantitative estimate of drug-likeness (QED) is 0.582. The van der Waals surface area contributed by atoms with Crippen LogP contribution < -0.4 is 57.1 Å². The van der Waals surface area contributed by atoms with Gasteiger partial charge in [0, 0.05) is 0 Å². The maximum absolute atomic E-state index is 5.51. The predicted octanol–water partition coefficient (Wildman–Crippen LogP) is -0.649. The van der Waals surface area contributed by atoms with Crippen molar-refractivity contribution in [2.45, 2.75) is 40.3 Å². The van der Waals surface area contributed by atoms with Crippen LogP contribution in [0.1, 0.15) is 34.1 Å². The molecular weight excluding hydrogens is 163 g/mol. The van der Waals surface area contributed by atoms with Crippen molar-refractivity contribution in [3.05, 3.63) is 5.32 Å². The summed E-state index contributed by atoms with van der Waals surface area (Å²) in [5.74, 6) is 0.661. The van der Waals surface area contributed by atoms with E-state index in [1.54, 1.807) is 7.05 Å². The first-order valence-electron chi connectivity index (χ1n) is 4.01. The summed E-state index contributed by atoms with van der Waals surface area (Å²) in [6.45, 7) is 8.29. The van der Waals surface area contributed by atoms with Gasteiger partial charge in [-0.15, -0.1) is 0 Å². The van der Waals surface area contributed by atoms with E-state index in [4.69, 9.17) is 5.73 Å². The van der Waals surface area contributed by atoms with Crippen LogP contribution in [-0.4, -0.2) is 13.2 Å². The van der Waals surface area contributed by atoms with E-state index in [0.717, 1.165) is 6.42 Å². The summed E-state index contributed by atoms with van der Waals surface area (Å²) >= 11 is 0. The third-order valence-corrected chi connectivity index (χ3v) is 1.04. The molecular formula is C8H21KN2. The van der Waals surface area contributed by atoms with Gasteiger partial charge in [-0.3, -0.25) is 0 Å². The zero-order chi connectivity index (χ0) is 8.57. The van der Waals surface area contributed by atoms with Crippen LogP contribution in [0, 0.1) is 5.92 Å². The number of nitrogens with zero attached hydrogens (tertiary/aromatic N) is 1. The summed E-state index contributed by atoms with van der Waals surface area (Å²) in [4.78, 5) is 0. The minimum atomic E-state index is 0. The van der Waals surface area contributed by atoms with E-state index in [1.165, 1.54) is 0 Å². The smallest absolute Gasteiger partial charge is 0.650 e. The van der Waals surface area contributed by atoms with Gasteiger partial charge < -0.3 is 11.1 Å². The third kappa shape index (κ3) is 18.5. The van der Waals surface area contributed by atoms with Gasteiger partial charge in [-0.25, -0.2) is 0 Å². The third-order valence-electron chi connectivity index (χ3n) is 1.04. The van der Waals surface area contributed by atoms with E-state index in [-0.39, 0.29) is 57.6 Å². The molecule has 3 heteroatoms. The van der Waals surface area contributed by atoms with Crippen LogP contribution >= 0.6 is 0 Å². The molecule has 0 bridgehead atoms. The SMILES string of the molecule is CC.C[N-]C(N)CC(C)C.[K+]. The second-order valence-electron chi connectivity index (χ2n) is 2.46. The van der Waals surface area contributed by atoms with Crippen LogP contribution in [0.25, 0.3) is 5.32 Å². The van der Waals surface area contributed by atoms with Gasteiger partial charge in [0.2, 0.25) is 0 Å². The number of hydrogen-bond acceptors (Lipinski definition) is 1. The van der Waals surface area contributed by atoms with Gasteiger partial charge in [0.15, 0.2) is 0 Å². The van der Waals surface area contributed by atoms with Crippen molar-refractivity contribution in [2.75, 3.05) is 7.05 Å². The van der Waals surface area contributed by atoms with Crippen LogP contribution in [0.2, 0.25) is 0 Å². The molecule has 0 radical (unpaired) electrons. The average molecular weight is 184 g/mol. The fourth-order valence-electron chi connectivity index (χ4n) is 0.588. The Labute approximate surface area is 114 Å². The van der Waals surface area contributed by atoms with Crippen LogP contribution in [0.5, 0.6) is 0 Å². The molecule has 0 aromatic heterocycles. The molecule has 0 heterocycles. The van der Waals surface area contributed by atoms with E-state index in [0.29, 0.717) is 5.92 Å². The standard InChI is InChI=1S/C6H15N2.C2H6.K/c1-5(2)4-6(7)8-3;1-2;/h5-6H,4,7H2,1-3H3;1-2H3;/q-1;;+1. The Morgan fingerprint density at radius 3 is 1.73 bits per heavy atom. The van der Waals surface area contributed by atoms with Crippen LogP contribution in [0.4, 0.5) is 0 Å². The Morgan fingerprint density at radius 2 is 1.64 bits per heavy atom. The van der Waals surface area contributed by atoms with Crippen molar-refractivity contribution in [1.82, 2.24) is 0 Å². The molecule has 0 aromatic carbocycles. The summed E-state index contributed by atoms with van der Waals surface area (Å²) in [6, 6.07) is 0. The van der Waals surface area contributed by atoms with Gasteiger partial charge in [0.1, 0.15) is 0 Å². The Bertz CT molecular complexity index is 58.1. The fourth-order valence-corrected chi connectivity index (χ4v) is 0.588. The molecule has 2 N–H and O–H groups in total. The van der Waals surface area contributed by atoms with Crippen LogP contribution in [-0.2, 0) is 0 Å². The second kappa shape index (κ2) is 14.1. The molecule has 0 fully saturated rings. The van der Waals surface area contributed by atoms with Gasteiger partial charge in [-0.05, 0) is 5.92 Å². The molecule has 0 aliphatic carbocycles. The van der Waals surface area contributed by atoms with Gasteiger partial charge in [0.05, 0.1) is 0 Å². The first kappa shape index (κ1) is 18.4. The molecule has 0 amide bonds. The molecule has 64 valence electrons. The second-order valence-corrected chi connectivity index (χ2v) is 2.46. The van der Waals surface area contributed by atoms with Crippen molar-refractivity contribution < 1.29 is 51.4 Å².